The molecule has 1 aromatic heterocycles. The SMILES string of the molecule is Cc1nc(C)c(C(C)NCCCCC#N)s1. The highest BCUT2D eigenvalue weighted by Crippen LogP contribution is 2.24. The maximum Gasteiger partial charge on any atom is 0.0900 e. The number of aryl methyl sites for hydroxylation is 2. The molecule has 1 atom stereocenters. The molecule has 0 aliphatic heterocycles. The van der Waals surface area contributed by atoms with Crippen LogP contribution in [0.25, 0.3) is 0 Å². The summed E-state index contributed by atoms with van der Waals surface area (Å²) in [7, 11) is 0. The van der Waals surface area contributed by atoms with Crippen LogP contribution < -0.4 is 5.32 Å². The Bertz CT molecular complexity index is 365. The fraction of sp³-hybridized carbons (Fsp3) is 0.667. The lowest BCUT2D eigenvalue weighted by Gasteiger charge is -2.12. The Morgan fingerprint density at radius 1 is 1.44 bits per heavy atom. The minimum absolute atomic E-state index is 0.369. The number of thiazole rings is 1. The van der Waals surface area contributed by atoms with Crippen molar-refractivity contribution in [2.45, 2.75) is 46.1 Å². The predicted molar refractivity (Wildman–Crippen MR) is 67.5 cm³/mol. The van der Waals surface area contributed by atoms with Gasteiger partial charge in [-0.1, -0.05) is 0 Å². The van der Waals surface area contributed by atoms with Gasteiger partial charge in [0.05, 0.1) is 16.8 Å². The van der Waals surface area contributed by atoms with Crippen LogP contribution in [0.1, 0.15) is 47.8 Å². The zero-order valence-corrected chi connectivity index (χ0v) is 11.0. The van der Waals surface area contributed by atoms with Crippen molar-refractivity contribution < 1.29 is 0 Å². The molecule has 0 aromatic carbocycles. The van der Waals surface area contributed by atoms with Crippen LogP contribution in [0.15, 0.2) is 0 Å². The summed E-state index contributed by atoms with van der Waals surface area (Å²) < 4.78 is 0. The number of hydrogen-bond donors (Lipinski definition) is 1. The Hall–Kier alpha value is -0.920. The Balaban J connectivity index is 2.33. The first-order valence-electron chi connectivity index (χ1n) is 5.69. The molecule has 3 nitrogen and oxygen atoms in total. The van der Waals surface area contributed by atoms with Gasteiger partial charge in [0.25, 0.3) is 0 Å². The fourth-order valence-corrected chi connectivity index (χ4v) is 2.64. The highest BCUT2D eigenvalue weighted by molar-refractivity contribution is 7.11. The van der Waals surface area contributed by atoms with Crippen LogP contribution in [0.3, 0.4) is 0 Å². The molecule has 1 heterocycles. The van der Waals surface area contributed by atoms with Gasteiger partial charge in [-0.25, -0.2) is 4.98 Å². The molecule has 0 fully saturated rings. The first kappa shape index (κ1) is 13.1. The third-order valence-electron chi connectivity index (χ3n) is 2.50. The minimum atomic E-state index is 0.369. The van der Waals surface area contributed by atoms with Gasteiger partial charge in [-0.3, -0.25) is 0 Å². The van der Waals surface area contributed by atoms with Gasteiger partial charge >= 0.3 is 0 Å². The fourth-order valence-electron chi connectivity index (χ4n) is 1.69. The summed E-state index contributed by atoms with van der Waals surface area (Å²) in [5.41, 5.74) is 1.14. The second kappa shape index (κ2) is 6.62. The Kier molecular flexibility index (Phi) is 5.44. The number of hydrogen-bond acceptors (Lipinski definition) is 4. The van der Waals surface area contributed by atoms with Crippen LogP contribution in [0, 0.1) is 25.2 Å². The number of aromatic nitrogens is 1. The van der Waals surface area contributed by atoms with Crippen molar-refractivity contribution in [2.75, 3.05) is 6.54 Å². The lowest BCUT2D eigenvalue weighted by Crippen LogP contribution is -2.19. The van der Waals surface area contributed by atoms with E-state index < -0.39 is 0 Å². The van der Waals surface area contributed by atoms with Crippen LogP contribution in [0.5, 0.6) is 0 Å². The topological polar surface area (TPSA) is 48.7 Å². The van der Waals surface area contributed by atoms with E-state index in [4.69, 9.17) is 5.26 Å². The van der Waals surface area contributed by atoms with Crippen molar-refractivity contribution >= 4 is 11.3 Å². The molecule has 0 saturated heterocycles. The highest BCUT2D eigenvalue weighted by Gasteiger charge is 2.11. The Labute approximate surface area is 102 Å². The van der Waals surface area contributed by atoms with E-state index in [9.17, 15) is 0 Å². The molecule has 0 bridgehead atoms. The number of nitriles is 1. The smallest absolute Gasteiger partial charge is 0.0900 e. The summed E-state index contributed by atoms with van der Waals surface area (Å²) >= 11 is 1.76. The predicted octanol–water partition coefficient (Wildman–Crippen LogP) is 3.10. The monoisotopic (exact) mass is 237 g/mol. The van der Waals surface area contributed by atoms with E-state index in [1.54, 1.807) is 11.3 Å². The summed E-state index contributed by atoms with van der Waals surface area (Å²) in [6, 6.07) is 2.53. The molecule has 16 heavy (non-hydrogen) atoms. The van der Waals surface area contributed by atoms with Gasteiger partial charge in [-0.15, -0.1) is 11.3 Å². The molecular weight excluding hydrogens is 218 g/mol. The van der Waals surface area contributed by atoms with Crippen molar-refractivity contribution in [1.82, 2.24) is 10.3 Å². The molecule has 0 radical (unpaired) electrons. The minimum Gasteiger partial charge on any atom is -0.309 e. The van der Waals surface area contributed by atoms with Gasteiger partial charge in [0.1, 0.15) is 0 Å². The summed E-state index contributed by atoms with van der Waals surface area (Å²) in [5, 5.41) is 13.0. The van der Waals surface area contributed by atoms with Gasteiger partial charge in [0.2, 0.25) is 0 Å². The maximum absolute atomic E-state index is 8.41. The zero-order chi connectivity index (χ0) is 12.0. The molecular formula is C12H19N3S. The van der Waals surface area contributed by atoms with Crippen LogP contribution in [0.2, 0.25) is 0 Å². The molecule has 1 N–H and O–H groups in total. The van der Waals surface area contributed by atoms with Crippen LogP contribution in [-0.4, -0.2) is 11.5 Å². The average molecular weight is 237 g/mol. The van der Waals surface area contributed by atoms with Gasteiger partial charge in [0.15, 0.2) is 0 Å². The van der Waals surface area contributed by atoms with E-state index in [0.29, 0.717) is 12.5 Å². The molecule has 0 amide bonds. The lowest BCUT2D eigenvalue weighted by molar-refractivity contribution is 0.552. The van der Waals surface area contributed by atoms with Crippen LogP contribution in [-0.2, 0) is 0 Å². The summed E-state index contributed by atoms with van der Waals surface area (Å²) in [6.07, 6.45) is 2.71. The van der Waals surface area contributed by atoms with Gasteiger partial charge in [-0.2, -0.15) is 5.26 Å². The molecule has 4 heteroatoms. The van der Waals surface area contributed by atoms with Crippen molar-refractivity contribution in [2.24, 2.45) is 0 Å². The number of unbranched alkanes of at least 4 members (excludes halogenated alkanes) is 2. The molecule has 1 aromatic rings. The summed E-state index contributed by atoms with van der Waals surface area (Å²) in [5.74, 6) is 0. The van der Waals surface area contributed by atoms with E-state index in [2.05, 4.69) is 30.2 Å². The maximum atomic E-state index is 8.41. The molecule has 1 rings (SSSR count). The molecule has 0 saturated carbocycles. The summed E-state index contributed by atoms with van der Waals surface area (Å²) in [6.45, 7) is 7.25. The molecule has 0 aliphatic carbocycles. The Morgan fingerprint density at radius 2 is 2.19 bits per heavy atom. The first-order chi connectivity index (χ1) is 7.65. The van der Waals surface area contributed by atoms with Gasteiger partial charge in [-0.05, 0) is 40.2 Å². The quantitative estimate of drug-likeness (QED) is 0.773. The van der Waals surface area contributed by atoms with Gasteiger partial charge in [0, 0.05) is 17.3 Å². The van der Waals surface area contributed by atoms with E-state index >= 15 is 0 Å². The second-order valence-electron chi connectivity index (χ2n) is 3.97. The summed E-state index contributed by atoms with van der Waals surface area (Å²) in [4.78, 5) is 5.76. The average Bonchev–Trinajstić information content (AvgIpc) is 2.57. The van der Waals surface area contributed by atoms with Crippen molar-refractivity contribution in [3.05, 3.63) is 15.6 Å². The third-order valence-corrected chi connectivity index (χ3v) is 3.75. The molecule has 0 aliphatic rings. The zero-order valence-electron chi connectivity index (χ0n) is 10.2. The standard InChI is InChI=1S/C12H19N3S/c1-9(14-8-6-4-5-7-13)12-10(2)15-11(3)16-12/h9,14H,4-6,8H2,1-3H3. The van der Waals surface area contributed by atoms with Crippen molar-refractivity contribution in [3.8, 4) is 6.07 Å². The molecule has 0 spiro atoms. The van der Waals surface area contributed by atoms with E-state index in [0.717, 1.165) is 30.1 Å². The van der Waals surface area contributed by atoms with Crippen LogP contribution >= 0.6 is 11.3 Å². The third kappa shape index (κ3) is 3.92. The number of nitrogens with zero attached hydrogens (tertiary/aromatic N) is 2. The largest absolute Gasteiger partial charge is 0.309 e. The molecule has 1 unspecified atom stereocenters. The van der Waals surface area contributed by atoms with E-state index in [1.165, 1.54) is 4.88 Å². The van der Waals surface area contributed by atoms with E-state index in [-0.39, 0.29) is 0 Å². The van der Waals surface area contributed by atoms with Crippen molar-refractivity contribution in [1.29, 1.82) is 5.26 Å². The highest BCUT2D eigenvalue weighted by atomic mass is 32.1. The van der Waals surface area contributed by atoms with E-state index in [1.807, 2.05) is 6.92 Å². The Morgan fingerprint density at radius 3 is 2.75 bits per heavy atom. The van der Waals surface area contributed by atoms with Gasteiger partial charge < -0.3 is 5.32 Å². The first-order valence-corrected chi connectivity index (χ1v) is 6.51. The molecule has 88 valence electrons. The number of nitrogens with one attached hydrogen (secondary N) is 1. The van der Waals surface area contributed by atoms with Crippen molar-refractivity contribution in [3.63, 3.8) is 0 Å². The lowest BCUT2D eigenvalue weighted by atomic mass is 10.2. The normalized spacial score (nSPS) is 12.4. The second-order valence-corrected chi connectivity index (χ2v) is 5.21. The number of rotatable bonds is 6. The van der Waals surface area contributed by atoms with Crippen LogP contribution in [0.4, 0.5) is 0 Å².